The van der Waals surface area contributed by atoms with Crippen LogP contribution in [0.5, 0.6) is 5.75 Å². The van der Waals surface area contributed by atoms with Gasteiger partial charge in [-0.05, 0) is 47.4 Å². The molecule has 0 saturated carbocycles. The summed E-state index contributed by atoms with van der Waals surface area (Å²) in [5, 5.41) is 7.24. The molecule has 1 N–H and O–H groups in total. The highest BCUT2D eigenvalue weighted by atomic mass is 35.5. The maximum atomic E-state index is 14.0. The van der Waals surface area contributed by atoms with Crippen molar-refractivity contribution in [1.29, 1.82) is 0 Å². The first kappa shape index (κ1) is 23.6. The lowest BCUT2D eigenvalue weighted by Gasteiger charge is -2.19. The molecule has 2 aromatic carbocycles. The van der Waals surface area contributed by atoms with Crippen molar-refractivity contribution in [3.63, 3.8) is 0 Å². The maximum Gasteiger partial charge on any atom is 0.292 e. The van der Waals surface area contributed by atoms with Crippen molar-refractivity contribution in [2.75, 3.05) is 5.32 Å². The Kier molecular flexibility index (Phi) is 6.75. The summed E-state index contributed by atoms with van der Waals surface area (Å²) in [6.45, 7) is 6.80. The molecule has 4 aromatic rings. The van der Waals surface area contributed by atoms with Gasteiger partial charge in [0.05, 0.1) is 6.54 Å². The molecular formula is C26H25ClFN3O3. The highest BCUT2D eigenvalue weighted by Gasteiger charge is 2.15. The van der Waals surface area contributed by atoms with Crippen LogP contribution in [-0.4, -0.2) is 15.7 Å². The molecule has 0 aliphatic rings. The third-order valence-corrected chi connectivity index (χ3v) is 5.61. The van der Waals surface area contributed by atoms with E-state index in [9.17, 15) is 9.18 Å². The normalized spacial score (nSPS) is 11.4. The zero-order valence-corrected chi connectivity index (χ0v) is 19.9. The van der Waals surface area contributed by atoms with Crippen molar-refractivity contribution in [3.8, 4) is 5.75 Å². The zero-order chi connectivity index (χ0) is 24.3. The summed E-state index contributed by atoms with van der Waals surface area (Å²) < 4.78 is 26.9. The molecule has 0 spiro atoms. The molecule has 176 valence electrons. The summed E-state index contributed by atoms with van der Waals surface area (Å²) in [6, 6.07) is 17.3. The van der Waals surface area contributed by atoms with Crippen molar-refractivity contribution < 1.29 is 18.3 Å². The number of carbonyl (C=O) groups is 1. The first-order chi connectivity index (χ1) is 16.2. The van der Waals surface area contributed by atoms with Crippen molar-refractivity contribution in [3.05, 3.63) is 100 Å². The fourth-order valence-corrected chi connectivity index (χ4v) is 3.55. The van der Waals surface area contributed by atoms with Crippen LogP contribution in [0.3, 0.4) is 0 Å². The van der Waals surface area contributed by atoms with E-state index in [1.54, 1.807) is 36.5 Å². The van der Waals surface area contributed by atoms with E-state index in [0.717, 1.165) is 5.75 Å². The van der Waals surface area contributed by atoms with Gasteiger partial charge in [-0.2, -0.15) is 5.10 Å². The number of halogens is 2. The van der Waals surface area contributed by atoms with Crippen molar-refractivity contribution in [2.24, 2.45) is 0 Å². The molecule has 4 rings (SSSR count). The van der Waals surface area contributed by atoms with Gasteiger partial charge in [0.2, 0.25) is 0 Å². The van der Waals surface area contributed by atoms with Crippen LogP contribution in [0.1, 0.15) is 48.2 Å². The highest BCUT2D eigenvalue weighted by molar-refractivity contribution is 6.31. The van der Waals surface area contributed by atoms with E-state index in [1.807, 2.05) is 24.3 Å². The number of hydrogen-bond acceptors (Lipinski definition) is 4. The minimum atomic E-state index is -0.449. The molecule has 0 aliphatic heterocycles. The molecule has 2 aromatic heterocycles. The average molecular weight is 482 g/mol. The Morgan fingerprint density at radius 2 is 1.88 bits per heavy atom. The topological polar surface area (TPSA) is 69.3 Å². The van der Waals surface area contributed by atoms with Crippen LogP contribution in [0, 0.1) is 5.82 Å². The van der Waals surface area contributed by atoms with Crippen LogP contribution in [0.2, 0.25) is 5.02 Å². The van der Waals surface area contributed by atoms with E-state index >= 15 is 0 Å². The van der Waals surface area contributed by atoms with E-state index in [-0.39, 0.29) is 24.3 Å². The minimum absolute atomic E-state index is 0.0718. The van der Waals surface area contributed by atoms with Gasteiger partial charge in [-0.15, -0.1) is 0 Å². The molecule has 0 bridgehead atoms. The van der Waals surface area contributed by atoms with E-state index < -0.39 is 11.7 Å². The Morgan fingerprint density at radius 3 is 2.59 bits per heavy atom. The largest absolute Gasteiger partial charge is 0.486 e. The average Bonchev–Trinajstić information content (AvgIpc) is 3.44. The number of amides is 1. The molecule has 2 heterocycles. The zero-order valence-electron chi connectivity index (χ0n) is 19.1. The van der Waals surface area contributed by atoms with Crippen LogP contribution in [0.25, 0.3) is 0 Å². The smallest absolute Gasteiger partial charge is 0.292 e. The van der Waals surface area contributed by atoms with Gasteiger partial charge >= 0.3 is 0 Å². The molecule has 0 fully saturated rings. The Balaban J connectivity index is 1.33. The molecule has 0 radical (unpaired) electrons. The molecule has 6 nitrogen and oxygen atoms in total. The molecule has 1 amide bonds. The van der Waals surface area contributed by atoms with Crippen molar-refractivity contribution in [2.45, 2.75) is 39.3 Å². The lowest BCUT2D eigenvalue weighted by Crippen LogP contribution is -2.12. The predicted molar refractivity (Wildman–Crippen MR) is 129 cm³/mol. The number of nitrogens with zero attached hydrogens (tertiary/aromatic N) is 2. The fourth-order valence-electron chi connectivity index (χ4n) is 3.32. The van der Waals surface area contributed by atoms with Gasteiger partial charge in [-0.25, -0.2) is 4.39 Å². The van der Waals surface area contributed by atoms with Gasteiger partial charge in [0.15, 0.2) is 11.6 Å². The molecule has 0 atom stereocenters. The van der Waals surface area contributed by atoms with E-state index in [1.165, 1.54) is 16.3 Å². The number of ether oxygens (including phenoxy) is 1. The third-order valence-electron chi connectivity index (χ3n) is 5.25. The van der Waals surface area contributed by atoms with Crippen LogP contribution in [0.4, 0.5) is 10.2 Å². The van der Waals surface area contributed by atoms with Crippen molar-refractivity contribution >= 4 is 23.3 Å². The Labute approximate surface area is 202 Å². The number of aromatic nitrogens is 2. The maximum absolute atomic E-state index is 14.0. The summed E-state index contributed by atoms with van der Waals surface area (Å²) in [7, 11) is 0. The van der Waals surface area contributed by atoms with E-state index in [4.69, 9.17) is 20.8 Å². The van der Waals surface area contributed by atoms with Crippen LogP contribution >= 0.6 is 11.6 Å². The molecule has 8 heteroatoms. The fraction of sp³-hybridized carbons (Fsp3) is 0.231. The number of anilines is 1. The lowest BCUT2D eigenvalue weighted by atomic mass is 9.87. The SMILES string of the molecule is CC(C)(C)c1ccc(OCc2ccc(C(=O)Nc3ccn(Cc4c(F)cccc4Cl)n3)o2)cc1. The first-order valence-corrected chi connectivity index (χ1v) is 11.2. The van der Waals surface area contributed by atoms with E-state index in [0.29, 0.717) is 22.2 Å². The number of hydrogen-bond donors (Lipinski definition) is 1. The second kappa shape index (κ2) is 9.73. The van der Waals surface area contributed by atoms with Crippen molar-refractivity contribution in [1.82, 2.24) is 9.78 Å². The Bertz CT molecular complexity index is 1270. The summed E-state index contributed by atoms with van der Waals surface area (Å²) in [4.78, 5) is 12.5. The van der Waals surface area contributed by atoms with Gasteiger partial charge in [-0.1, -0.05) is 50.6 Å². The predicted octanol–water partition coefficient (Wildman–Crippen LogP) is 6.45. The van der Waals surface area contributed by atoms with Crippen LogP contribution in [0.15, 0.2) is 71.3 Å². The molecule has 0 unspecified atom stereocenters. The quantitative estimate of drug-likeness (QED) is 0.329. The van der Waals surface area contributed by atoms with Gasteiger partial charge in [0.25, 0.3) is 5.91 Å². The Hall–Kier alpha value is -3.58. The number of nitrogens with one attached hydrogen (secondary N) is 1. The second-order valence-electron chi connectivity index (χ2n) is 8.88. The lowest BCUT2D eigenvalue weighted by molar-refractivity contribution is 0.0992. The van der Waals surface area contributed by atoms with Gasteiger partial charge in [0.1, 0.15) is 23.9 Å². The third kappa shape index (κ3) is 5.66. The number of furan rings is 1. The van der Waals surface area contributed by atoms with Gasteiger partial charge < -0.3 is 14.5 Å². The second-order valence-corrected chi connectivity index (χ2v) is 9.29. The molecular weight excluding hydrogens is 457 g/mol. The summed E-state index contributed by atoms with van der Waals surface area (Å²) in [5.74, 6) is 0.818. The number of benzene rings is 2. The first-order valence-electron chi connectivity index (χ1n) is 10.8. The molecule has 34 heavy (non-hydrogen) atoms. The summed E-state index contributed by atoms with van der Waals surface area (Å²) >= 11 is 6.07. The highest BCUT2D eigenvalue weighted by Crippen LogP contribution is 2.25. The molecule has 0 saturated heterocycles. The standard InChI is InChI=1S/C26H25ClFN3O3/c1-26(2,3)17-7-9-18(10-8-17)33-16-19-11-12-23(34-19)25(32)29-24-13-14-31(30-24)15-20-21(27)5-4-6-22(20)28/h4-14H,15-16H2,1-3H3,(H,29,30,32). The van der Waals surface area contributed by atoms with Crippen LogP contribution in [-0.2, 0) is 18.6 Å². The van der Waals surface area contributed by atoms with Crippen LogP contribution < -0.4 is 10.1 Å². The van der Waals surface area contributed by atoms with Gasteiger partial charge in [0, 0.05) is 22.8 Å². The Morgan fingerprint density at radius 1 is 1.12 bits per heavy atom. The molecule has 0 aliphatic carbocycles. The number of rotatable bonds is 7. The van der Waals surface area contributed by atoms with E-state index in [2.05, 4.69) is 31.2 Å². The summed E-state index contributed by atoms with van der Waals surface area (Å²) in [5.41, 5.74) is 1.62. The minimum Gasteiger partial charge on any atom is -0.486 e. The monoisotopic (exact) mass is 481 g/mol. The number of carbonyl (C=O) groups excluding carboxylic acids is 1. The summed E-state index contributed by atoms with van der Waals surface area (Å²) in [6.07, 6.45) is 1.63. The van der Waals surface area contributed by atoms with Gasteiger partial charge in [-0.3, -0.25) is 9.48 Å².